The molecule has 0 radical (unpaired) electrons. The first-order chi connectivity index (χ1) is 10.0. The second-order valence-corrected chi connectivity index (χ2v) is 5.96. The molecule has 0 unspecified atom stereocenters. The summed E-state index contributed by atoms with van der Waals surface area (Å²) in [6.07, 6.45) is 3.62. The van der Waals surface area contributed by atoms with Crippen LogP contribution in [0.15, 0.2) is 29.0 Å². The lowest BCUT2D eigenvalue weighted by Gasteiger charge is -2.17. The summed E-state index contributed by atoms with van der Waals surface area (Å²) in [5, 5.41) is 4.20. The fourth-order valence-corrected chi connectivity index (χ4v) is 3.17. The van der Waals surface area contributed by atoms with Crippen molar-refractivity contribution in [3.8, 4) is 0 Å². The van der Waals surface area contributed by atoms with Gasteiger partial charge in [-0.05, 0) is 31.5 Å². The number of benzene rings is 1. The minimum absolute atomic E-state index is 0.361. The summed E-state index contributed by atoms with van der Waals surface area (Å²) in [7, 11) is 0. The van der Waals surface area contributed by atoms with Crippen LogP contribution in [0.2, 0.25) is 0 Å². The van der Waals surface area contributed by atoms with Gasteiger partial charge in [-0.3, -0.25) is 19.2 Å². The Bertz CT molecular complexity index is 751. The highest BCUT2D eigenvalue weighted by Crippen LogP contribution is 2.35. The number of hydrogen-bond donors (Lipinski definition) is 0. The Kier molecular flexibility index (Phi) is 3.41. The van der Waals surface area contributed by atoms with Gasteiger partial charge in [-0.25, -0.2) is 0 Å². The van der Waals surface area contributed by atoms with E-state index < -0.39 is 11.7 Å². The van der Waals surface area contributed by atoms with Crippen molar-refractivity contribution in [2.24, 2.45) is 0 Å². The molecule has 0 N–H and O–H groups in total. The predicted molar refractivity (Wildman–Crippen MR) is 82.3 cm³/mol. The first-order valence-electron chi connectivity index (χ1n) is 6.69. The predicted octanol–water partition coefficient (Wildman–Crippen LogP) is 2.70. The maximum atomic E-state index is 12.2. The standard InChI is InChI=1S/C15H14BrN3O2/c1-3-18-7-10(6-17-18)8-19-13-9(2)4-11(16)5-12(13)14(20)15(19)21/h4-7H,3,8H2,1-2H3. The maximum absolute atomic E-state index is 12.2. The van der Waals surface area contributed by atoms with Crippen LogP contribution in [0, 0.1) is 6.92 Å². The summed E-state index contributed by atoms with van der Waals surface area (Å²) < 4.78 is 2.60. The molecule has 0 bridgehead atoms. The highest BCUT2D eigenvalue weighted by atomic mass is 79.9. The van der Waals surface area contributed by atoms with Crippen LogP contribution in [0.1, 0.15) is 28.4 Å². The minimum atomic E-state index is -0.476. The lowest BCUT2D eigenvalue weighted by molar-refractivity contribution is -0.114. The van der Waals surface area contributed by atoms with Gasteiger partial charge < -0.3 is 0 Å². The third-order valence-electron chi connectivity index (χ3n) is 3.57. The van der Waals surface area contributed by atoms with Crippen molar-refractivity contribution in [3.63, 3.8) is 0 Å². The summed E-state index contributed by atoms with van der Waals surface area (Å²) in [5.41, 5.74) is 2.99. The molecule has 5 nitrogen and oxygen atoms in total. The van der Waals surface area contributed by atoms with Gasteiger partial charge >= 0.3 is 0 Å². The van der Waals surface area contributed by atoms with E-state index in [1.165, 1.54) is 4.90 Å². The molecule has 2 aromatic rings. The highest BCUT2D eigenvalue weighted by molar-refractivity contribution is 9.10. The van der Waals surface area contributed by atoms with Crippen molar-refractivity contribution in [2.75, 3.05) is 4.90 Å². The van der Waals surface area contributed by atoms with Crippen LogP contribution in [0.3, 0.4) is 0 Å². The minimum Gasteiger partial charge on any atom is -0.300 e. The number of anilines is 1. The second kappa shape index (κ2) is 5.11. The monoisotopic (exact) mass is 347 g/mol. The molecule has 21 heavy (non-hydrogen) atoms. The number of Topliss-reactive ketones (excluding diaryl/α,β-unsaturated/α-hetero) is 1. The summed E-state index contributed by atoms with van der Waals surface area (Å²) in [6, 6.07) is 3.62. The fraction of sp³-hybridized carbons (Fsp3) is 0.267. The second-order valence-electron chi connectivity index (χ2n) is 5.04. The molecular weight excluding hydrogens is 334 g/mol. The third kappa shape index (κ3) is 2.29. The molecule has 1 aromatic carbocycles. The van der Waals surface area contributed by atoms with Gasteiger partial charge in [-0.2, -0.15) is 5.10 Å². The van der Waals surface area contributed by atoms with Crippen molar-refractivity contribution < 1.29 is 9.59 Å². The van der Waals surface area contributed by atoms with Crippen molar-refractivity contribution in [3.05, 3.63) is 45.7 Å². The summed E-state index contributed by atoms with van der Waals surface area (Å²) in [4.78, 5) is 25.9. The normalized spacial score (nSPS) is 14.0. The lowest BCUT2D eigenvalue weighted by atomic mass is 10.1. The summed E-state index contributed by atoms with van der Waals surface area (Å²) >= 11 is 3.37. The fourth-order valence-electron chi connectivity index (χ4n) is 2.60. The number of carbonyl (C=O) groups excluding carboxylic acids is 2. The topological polar surface area (TPSA) is 55.2 Å². The SMILES string of the molecule is CCn1cc(CN2C(=O)C(=O)c3cc(Br)cc(C)c32)cn1. The number of carbonyl (C=O) groups is 2. The molecule has 0 saturated heterocycles. The molecule has 2 heterocycles. The summed E-state index contributed by atoms with van der Waals surface area (Å²) in [5.74, 6) is -0.923. The molecule has 0 fully saturated rings. The van der Waals surface area contributed by atoms with Crippen molar-refractivity contribution in [1.29, 1.82) is 0 Å². The Morgan fingerprint density at radius 3 is 2.71 bits per heavy atom. The van der Waals surface area contributed by atoms with Crippen LogP contribution in [0.5, 0.6) is 0 Å². The Balaban J connectivity index is 2.01. The molecule has 1 aliphatic heterocycles. The quantitative estimate of drug-likeness (QED) is 0.802. The zero-order valence-electron chi connectivity index (χ0n) is 11.8. The van der Waals surface area contributed by atoms with E-state index in [-0.39, 0.29) is 0 Å². The first-order valence-corrected chi connectivity index (χ1v) is 7.48. The molecule has 1 aliphatic rings. The van der Waals surface area contributed by atoms with Gasteiger partial charge in [0.1, 0.15) is 0 Å². The van der Waals surface area contributed by atoms with Gasteiger partial charge in [0.05, 0.1) is 24.0 Å². The van der Waals surface area contributed by atoms with Crippen LogP contribution in [-0.4, -0.2) is 21.5 Å². The van der Waals surface area contributed by atoms with Gasteiger partial charge in [0.2, 0.25) is 0 Å². The average molecular weight is 348 g/mol. The Morgan fingerprint density at radius 2 is 2.05 bits per heavy atom. The molecule has 0 spiro atoms. The number of fused-ring (bicyclic) bond motifs is 1. The molecule has 0 atom stereocenters. The van der Waals surface area contributed by atoms with Gasteiger partial charge in [-0.1, -0.05) is 15.9 Å². The van der Waals surface area contributed by atoms with E-state index in [1.807, 2.05) is 26.1 Å². The summed E-state index contributed by atoms with van der Waals surface area (Å²) in [6.45, 7) is 5.03. The molecule has 1 aromatic heterocycles. The van der Waals surface area contributed by atoms with Crippen LogP contribution >= 0.6 is 15.9 Å². The van der Waals surface area contributed by atoms with Crippen molar-refractivity contribution in [1.82, 2.24) is 9.78 Å². The molecule has 0 aliphatic carbocycles. The molecule has 0 saturated carbocycles. The number of rotatable bonds is 3. The van der Waals surface area contributed by atoms with Gasteiger partial charge in [0.25, 0.3) is 11.7 Å². The average Bonchev–Trinajstić information content (AvgIpc) is 2.98. The van der Waals surface area contributed by atoms with Crippen LogP contribution in [-0.2, 0) is 17.9 Å². The van der Waals surface area contributed by atoms with Crippen molar-refractivity contribution >= 4 is 33.3 Å². The molecule has 6 heteroatoms. The molecule has 1 amide bonds. The van der Waals surface area contributed by atoms with E-state index >= 15 is 0 Å². The van der Waals surface area contributed by atoms with Gasteiger partial charge in [0.15, 0.2) is 0 Å². The molecule has 3 rings (SSSR count). The van der Waals surface area contributed by atoms with Crippen molar-refractivity contribution in [2.45, 2.75) is 26.9 Å². The smallest absolute Gasteiger partial charge is 0.299 e. The molecule has 108 valence electrons. The van der Waals surface area contributed by atoms with Crippen LogP contribution in [0.4, 0.5) is 5.69 Å². The third-order valence-corrected chi connectivity index (χ3v) is 4.03. The van der Waals surface area contributed by atoms with Crippen LogP contribution in [0.25, 0.3) is 0 Å². The number of nitrogens with zero attached hydrogens (tertiary/aromatic N) is 3. The van der Waals surface area contributed by atoms with E-state index in [0.29, 0.717) is 17.8 Å². The first kappa shape index (κ1) is 14.0. The maximum Gasteiger partial charge on any atom is 0.299 e. The van der Waals surface area contributed by atoms with E-state index in [4.69, 9.17) is 0 Å². The van der Waals surface area contributed by atoms with E-state index in [2.05, 4.69) is 21.0 Å². The van der Waals surface area contributed by atoms with Gasteiger partial charge in [-0.15, -0.1) is 0 Å². The van der Waals surface area contributed by atoms with E-state index in [0.717, 1.165) is 22.1 Å². The number of aromatic nitrogens is 2. The van der Waals surface area contributed by atoms with Gasteiger partial charge in [0, 0.05) is 22.8 Å². The number of halogens is 1. The Labute approximate surface area is 130 Å². The van der Waals surface area contributed by atoms with E-state index in [1.54, 1.807) is 16.9 Å². The zero-order valence-corrected chi connectivity index (χ0v) is 13.3. The zero-order chi connectivity index (χ0) is 15.1. The lowest BCUT2D eigenvalue weighted by Crippen LogP contribution is -2.29. The number of hydrogen-bond acceptors (Lipinski definition) is 3. The number of ketones is 1. The molecular formula is C15H14BrN3O2. The number of amides is 1. The Morgan fingerprint density at radius 1 is 1.29 bits per heavy atom. The van der Waals surface area contributed by atoms with E-state index in [9.17, 15) is 9.59 Å². The number of aryl methyl sites for hydroxylation is 2. The van der Waals surface area contributed by atoms with Crippen LogP contribution < -0.4 is 4.90 Å². The largest absolute Gasteiger partial charge is 0.300 e. The highest BCUT2D eigenvalue weighted by Gasteiger charge is 2.37. The Hall–Kier alpha value is -1.95.